The zero-order valence-corrected chi connectivity index (χ0v) is 14.6. The second-order valence-corrected chi connectivity index (χ2v) is 7.18. The summed E-state index contributed by atoms with van der Waals surface area (Å²) in [6, 6.07) is 7.37. The number of carbonyl (C=O) groups excluding carboxylic acids is 1. The van der Waals surface area contributed by atoms with Gasteiger partial charge >= 0.3 is 0 Å². The van der Waals surface area contributed by atoms with E-state index < -0.39 is 0 Å². The predicted octanol–water partition coefficient (Wildman–Crippen LogP) is 1.89. The Kier molecular flexibility index (Phi) is 6.27. The van der Waals surface area contributed by atoms with Crippen LogP contribution in [0.2, 0.25) is 5.02 Å². The summed E-state index contributed by atoms with van der Waals surface area (Å²) in [7, 11) is 0. The first-order chi connectivity index (χ1) is 10.9. The molecule has 1 aliphatic rings. The molecule has 128 valence electrons. The summed E-state index contributed by atoms with van der Waals surface area (Å²) in [5.74, 6) is 0.770. The number of halogens is 1. The topological polar surface area (TPSA) is 67.6 Å². The summed E-state index contributed by atoms with van der Waals surface area (Å²) < 4.78 is 5.55. The molecule has 0 radical (unpaired) electrons. The third kappa shape index (κ3) is 5.68. The lowest BCUT2D eigenvalue weighted by atomic mass is 9.80. The van der Waals surface area contributed by atoms with Gasteiger partial charge in [-0.3, -0.25) is 9.69 Å². The van der Waals surface area contributed by atoms with Gasteiger partial charge in [0.1, 0.15) is 12.4 Å². The van der Waals surface area contributed by atoms with Crippen molar-refractivity contribution in [2.75, 3.05) is 32.8 Å². The first kappa shape index (κ1) is 18.0. The van der Waals surface area contributed by atoms with Gasteiger partial charge in [0.2, 0.25) is 5.91 Å². The second-order valence-electron chi connectivity index (χ2n) is 6.75. The molecule has 5 nitrogen and oxygen atoms in total. The van der Waals surface area contributed by atoms with Crippen molar-refractivity contribution in [3.8, 4) is 5.75 Å². The summed E-state index contributed by atoms with van der Waals surface area (Å²) in [6.07, 6.45) is 0.931. The van der Waals surface area contributed by atoms with Crippen molar-refractivity contribution < 1.29 is 9.53 Å². The van der Waals surface area contributed by atoms with Crippen molar-refractivity contribution in [3.05, 3.63) is 29.3 Å². The minimum atomic E-state index is 0.0241. The predicted molar refractivity (Wildman–Crippen MR) is 92.8 cm³/mol. The Balaban J connectivity index is 1.64. The van der Waals surface area contributed by atoms with Crippen molar-refractivity contribution in [3.63, 3.8) is 0 Å². The van der Waals surface area contributed by atoms with Crippen LogP contribution >= 0.6 is 11.6 Å². The van der Waals surface area contributed by atoms with Gasteiger partial charge < -0.3 is 15.8 Å². The third-order valence-corrected chi connectivity index (χ3v) is 4.52. The molecule has 0 aliphatic carbocycles. The Morgan fingerprint density at radius 3 is 2.78 bits per heavy atom. The summed E-state index contributed by atoms with van der Waals surface area (Å²) in [6.45, 7) is 7.37. The lowest BCUT2D eigenvalue weighted by Crippen LogP contribution is -2.54. The number of piperidine rings is 1. The molecule has 0 saturated carbocycles. The van der Waals surface area contributed by atoms with Crippen molar-refractivity contribution in [1.82, 2.24) is 10.2 Å². The molecular weight excluding hydrogens is 314 g/mol. The van der Waals surface area contributed by atoms with Crippen LogP contribution in [0.4, 0.5) is 0 Å². The van der Waals surface area contributed by atoms with Crippen LogP contribution in [0.3, 0.4) is 0 Å². The molecular formula is C17H26ClN3O2. The molecule has 23 heavy (non-hydrogen) atoms. The molecule has 1 fully saturated rings. The summed E-state index contributed by atoms with van der Waals surface area (Å²) in [4.78, 5) is 14.2. The van der Waals surface area contributed by atoms with Crippen LogP contribution in [0.1, 0.15) is 20.3 Å². The Morgan fingerprint density at radius 1 is 1.43 bits per heavy atom. The van der Waals surface area contributed by atoms with E-state index in [1.807, 2.05) is 12.1 Å². The quantitative estimate of drug-likeness (QED) is 0.777. The van der Waals surface area contributed by atoms with Crippen LogP contribution in [0, 0.1) is 5.41 Å². The Bertz CT molecular complexity index is 519. The smallest absolute Gasteiger partial charge is 0.234 e. The van der Waals surface area contributed by atoms with Crippen LogP contribution in [-0.2, 0) is 4.79 Å². The van der Waals surface area contributed by atoms with E-state index in [1.54, 1.807) is 12.1 Å². The van der Waals surface area contributed by atoms with Crippen molar-refractivity contribution in [1.29, 1.82) is 0 Å². The van der Waals surface area contributed by atoms with Crippen molar-refractivity contribution >= 4 is 17.5 Å². The van der Waals surface area contributed by atoms with Crippen LogP contribution in [0.15, 0.2) is 24.3 Å². The van der Waals surface area contributed by atoms with E-state index >= 15 is 0 Å². The number of rotatable bonds is 6. The molecule has 1 unspecified atom stereocenters. The molecule has 3 N–H and O–H groups in total. The molecule has 0 bridgehead atoms. The molecule has 6 heteroatoms. The fraction of sp³-hybridized carbons (Fsp3) is 0.588. The molecule has 1 aliphatic heterocycles. The Labute approximate surface area is 143 Å². The Morgan fingerprint density at radius 2 is 2.13 bits per heavy atom. The van der Waals surface area contributed by atoms with Crippen LogP contribution in [0.25, 0.3) is 0 Å². The third-order valence-electron chi connectivity index (χ3n) is 4.27. The molecule has 1 aromatic carbocycles. The van der Waals surface area contributed by atoms with E-state index in [1.165, 1.54) is 0 Å². The van der Waals surface area contributed by atoms with Gasteiger partial charge in [-0.15, -0.1) is 0 Å². The van der Waals surface area contributed by atoms with Crippen LogP contribution < -0.4 is 15.8 Å². The number of nitrogens with zero attached hydrogens (tertiary/aromatic N) is 1. The zero-order chi connectivity index (χ0) is 16.9. The molecule has 1 saturated heterocycles. The van der Waals surface area contributed by atoms with E-state index in [0.717, 1.165) is 25.3 Å². The maximum atomic E-state index is 12.0. The van der Waals surface area contributed by atoms with Crippen LogP contribution in [0.5, 0.6) is 5.75 Å². The van der Waals surface area contributed by atoms with Gasteiger partial charge in [-0.2, -0.15) is 0 Å². The monoisotopic (exact) mass is 339 g/mol. The molecule has 2 rings (SSSR count). The number of nitrogens with one attached hydrogen (secondary N) is 1. The summed E-state index contributed by atoms with van der Waals surface area (Å²) in [5.41, 5.74) is 6.17. The lowest BCUT2D eigenvalue weighted by Gasteiger charge is -2.42. The molecule has 1 amide bonds. The average Bonchev–Trinajstić information content (AvgIpc) is 2.49. The molecule has 1 aromatic rings. The average molecular weight is 340 g/mol. The summed E-state index contributed by atoms with van der Waals surface area (Å²) in [5, 5.41) is 3.56. The second kappa shape index (κ2) is 7.99. The normalized spacial score (nSPS) is 21.0. The van der Waals surface area contributed by atoms with E-state index in [2.05, 4.69) is 24.1 Å². The highest BCUT2D eigenvalue weighted by Gasteiger charge is 2.33. The number of likely N-dealkylation sites (tertiary alicyclic amines) is 1. The first-order valence-electron chi connectivity index (χ1n) is 8.00. The minimum Gasteiger partial charge on any atom is -0.492 e. The molecule has 1 atom stereocenters. The van der Waals surface area contributed by atoms with Gasteiger partial charge in [-0.1, -0.05) is 25.4 Å². The van der Waals surface area contributed by atoms with Crippen LogP contribution in [-0.4, -0.2) is 49.6 Å². The lowest BCUT2D eigenvalue weighted by molar-refractivity contribution is -0.123. The van der Waals surface area contributed by atoms with Gasteiger partial charge in [0, 0.05) is 24.2 Å². The molecule has 1 heterocycles. The highest BCUT2D eigenvalue weighted by atomic mass is 35.5. The van der Waals surface area contributed by atoms with Gasteiger partial charge in [0.25, 0.3) is 0 Å². The molecule has 0 spiro atoms. The highest BCUT2D eigenvalue weighted by molar-refractivity contribution is 6.30. The highest BCUT2D eigenvalue weighted by Crippen LogP contribution is 2.27. The van der Waals surface area contributed by atoms with Crippen molar-refractivity contribution in [2.24, 2.45) is 11.1 Å². The van der Waals surface area contributed by atoms with Gasteiger partial charge in [-0.25, -0.2) is 0 Å². The number of carbonyl (C=O) groups is 1. The van der Waals surface area contributed by atoms with Crippen molar-refractivity contribution in [2.45, 2.75) is 26.3 Å². The largest absolute Gasteiger partial charge is 0.492 e. The number of hydrogen-bond donors (Lipinski definition) is 2. The Hall–Kier alpha value is -1.30. The van der Waals surface area contributed by atoms with E-state index in [0.29, 0.717) is 24.7 Å². The number of amides is 1. The number of nitrogens with two attached hydrogens (primary N) is 1. The van der Waals surface area contributed by atoms with Gasteiger partial charge in [-0.05, 0) is 36.1 Å². The fourth-order valence-electron chi connectivity index (χ4n) is 2.77. The number of ether oxygens (including phenoxy) is 1. The summed E-state index contributed by atoms with van der Waals surface area (Å²) >= 11 is 5.81. The minimum absolute atomic E-state index is 0.0241. The molecule has 0 aromatic heterocycles. The maximum Gasteiger partial charge on any atom is 0.234 e. The zero-order valence-electron chi connectivity index (χ0n) is 13.8. The standard InChI is InChI=1S/C17H26ClN3O2/c1-17(2)12-21(9-7-15(17)19)11-16(22)20-8-10-23-14-5-3-13(18)4-6-14/h3-6,15H,7-12,19H2,1-2H3,(H,20,22). The van der Waals surface area contributed by atoms with E-state index in [-0.39, 0.29) is 17.4 Å². The number of hydrogen-bond acceptors (Lipinski definition) is 4. The first-order valence-corrected chi connectivity index (χ1v) is 8.37. The van der Waals surface area contributed by atoms with E-state index in [4.69, 9.17) is 22.1 Å². The van der Waals surface area contributed by atoms with Gasteiger partial charge in [0.15, 0.2) is 0 Å². The number of benzene rings is 1. The fourth-order valence-corrected chi connectivity index (χ4v) is 2.90. The SMILES string of the molecule is CC1(C)CN(CC(=O)NCCOc2ccc(Cl)cc2)CCC1N. The van der Waals surface area contributed by atoms with Gasteiger partial charge in [0.05, 0.1) is 13.1 Å². The maximum absolute atomic E-state index is 12.0. The van der Waals surface area contributed by atoms with E-state index in [9.17, 15) is 4.79 Å².